The molecular formula is C15H30N4O. The van der Waals surface area contributed by atoms with Gasteiger partial charge in [-0.3, -0.25) is 9.79 Å². The second-order valence-electron chi connectivity index (χ2n) is 7.03. The maximum atomic E-state index is 11.8. The van der Waals surface area contributed by atoms with Crippen LogP contribution in [-0.2, 0) is 4.79 Å². The summed E-state index contributed by atoms with van der Waals surface area (Å²) in [6.45, 7) is 12.8. The number of rotatable bonds is 3. The van der Waals surface area contributed by atoms with E-state index in [-0.39, 0.29) is 18.0 Å². The molecule has 1 atom stereocenters. The van der Waals surface area contributed by atoms with Crippen LogP contribution in [0.5, 0.6) is 0 Å². The quantitative estimate of drug-likeness (QED) is 0.610. The number of hydrogen-bond acceptors (Lipinski definition) is 2. The highest BCUT2D eigenvalue weighted by molar-refractivity contribution is 5.86. The van der Waals surface area contributed by atoms with Crippen LogP contribution in [0, 0.1) is 5.41 Å². The van der Waals surface area contributed by atoms with Gasteiger partial charge in [0.2, 0.25) is 5.91 Å². The summed E-state index contributed by atoms with van der Waals surface area (Å²) in [6.07, 6.45) is 2.35. The minimum Gasteiger partial charge on any atom is -0.350 e. The van der Waals surface area contributed by atoms with Crippen LogP contribution < -0.4 is 10.6 Å². The first kappa shape index (κ1) is 16.8. The van der Waals surface area contributed by atoms with E-state index in [2.05, 4.69) is 34.4 Å². The molecule has 2 N–H and O–H groups in total. The largest absolute Gasteiger partial charge is 0.350 e. The average Bonchev–Trinajstić information content (AvgIpc) is 2.71. The number of hydrogen-bond donors (Lipinski definition) is 2. The summed E-state index contributed by atoms with van der Waals surface area (Å²) in [6, 6.07) is 0. The number of aliphatic imine (C=N–C) groups is 1. The third-order valence-electron chi connectivity index (χ3n) is 3.84. The van der Waals surface area contributed by atoms with Gasteiger partial charge in [0.05, 0.1) is 6.54 Å². The molecule has 5 nitrogen and oxygen atoms in total. The Balaban J connectivity index is 2.48. The second-order valence-corrected chi connectivity index (χ2v) is 7.03. The SMILES string of the molecule is CCC1(C)CCN(C(=NC)NCC(=O)NC(C)(C)C)C1. The fraction of sp³-hybridized carbons (Fsp3) is 0.867. The van der Waals surface area contributed by atoms with Crippen molar-refractivity contribution in [1.29, 1.82) is 0 Å². The van der Waals surface area contributed by atoms with Crippen LogP contribution in [0.3, 0.4) is 0 Å². The molecule has 0 saturated carbocycles. The van der Waals surface area contributed by atoms with Crippen LogP contribution in [0.1, 0.15) is 47.5 Å². The Bertz CT molecular complexity index is 373. The molecule has 1 rings (SSSR count). The molecule has 0 aromatic carbocycles. The summed E-state index contributed by atoms with van der Waals surface area (Å²) in [5, 5.41) is 6.10. The Hall–Kier alpha value is -1.26. The van der Waals surface area contributed by atoms with Gasteiger partial charge in [-0.25, -0.2) is 0 Å². The van der Waals surface area contributed by atoms with Crippen LogP contribution in [-0.4, -0.2) is 49.0 Å². The van der Waals surface area contributed by atoms with E-state index < -0.39 is 0 Å². The number of nitrogens with one attached hydrogen (secondary N) is 2. The summed E-state index contributed by atoms with van der Waals surface area (Å²) in [7, 11) is 1.77. The van der Waals surface area contributed by atoms with Crippen molar-refractivity contribution in [3.8, 4) is 0 Å². The summed E-state index contributed by atoms with van der Waals surface area (Å²) in [5.41, 5.74) is 0.169. The van der Waals surface area contributed by atoms with E-state index in [1.807, 2.05) is 20.8 Å². The predicted octanol–water partition coefficient (Wildman–Crippen LogP) is 1.60. The summed E-state index contributed by atoms with van der Waals surface area (Å²) in [5.74, 6) is 0.822. The van der Waals surface area contributed by atoms with Gasteiger partial charge in [-0.2, -0.15) is 0 Å². The van der Waals surface area contributed by atoms with Gasteiger partial charge in [-0.1, -0.05) is 13.8 Å². The van der Waals surface area contributed by atoms with Crippen molar-refractivity contribution in [2.24, 2.45) is 10.4 Å². The Morgan fingerprint density at radius 1 is 1.40 bits per heavy atom. The van der Waals surface area contributed by atoms with Gasteiger partial charge in [-0.15, -0.1) is 0 Å². The molecule has 0 spiro atoms. The molecule has 0 aromatic heterocycles. The van der Waals surface area contributed by atoms with Crippen molar-refractivity contribution in [3.63, 3.8) is 0 Å². The molecule has 0 aromatic rings. The molecule has 1 amide bonds. The minimum absolute atomic E-state index is 0.00361. The summed E-state index contributed by atoms with van der Waals surface area (Å²) < 4.78 is 0. The molecule has 0 aliphatic carbocycles. The first-order valence-electron chi connectivity index (χ1n) is 7.46. The van der Waals surface area contributed by atoms with Crippen molar-refractivity contribution < 1.29 is 4.79 Å². The molecule has 1 unspecified atom stereocenters. The fourth-order valence-corrected chi connectivity index (χ4v) is 2.45. The van der Waals surface area contributed by atoms with Crippen LogP contribution in [0.25, 0.3) is 0 Å². The van der Waals surface area contributed by atoms with Gasteiger partial charge < -0.3 is 15.5 Å². The van der Waals surface area contributed by atoms with Crippen molar-refractivity contribution >= 4 is 11.9 Å². The highest BCUT2D eigenvalue weighted by Gasteiger charge is 2.33. The molecule has 1 fully saturated rings. The van der Waals surface area contributed by atoms with Gasteiger partial charge in [0, 0.05) is 25.7 Å². The molecule has 1 saturated heterocycles. The van der Waals surface area contributed by atoms with Crippen molar-refractivity contribution in [3.05, 3.63) is 0 Å². The second kappa shape index (κ2) is 6.46. The Kier molecular flexibility index (Phi) is 5.42. The molecule has 1 aliphatic heterocycles. The number of carbonyl (C=O) groups excluding carboxylic acids is 1. The minimum atomic E-state index is -0.198. The van der Waals surface area contributed by atoms with Crippen molar-refractivity contribution in [1.82, 2.24) is 15.5 Å². The molecule has 0 bridgehead atoms. The van der Waals surface area contributed by atoms with E-state index in [0.29, 0.717) is 5.41 Å². The summed E-state index contributed by atoms with van der Waals surface area (Å²) in [4.78, 5) is 18.4. The molecule has 0 radical (unpaired) electrons. The van der Waals surface area contributed by atoms with E-state index in [9.17, 15) is 4.79 Å². The van der Waals surface area contributed by atoms with E-state index in [0.717, 1.165) is 19.0 Å². The van der Waals surface area contributed by atoms with E-state index in [1.165, 1.54) is 12.8 Å². The molecular weight excluding hydrogens is 252 g/mol. The first-order chi connectivity index (χ1) is 9.19. The van der Waals surface area contributed by atoms with Gasteiger partial charge in [0.1, 0.15) is 0 Å². The molecule has 5 heteroatoms. The van der Waals surface area contributed by atoms with Gasteiger partial charge in [-0.05, 0) is 39.0 Å². The maximum Gasteiger partial charge on any atom is 0.239 e. The highest BCUT2D eigenvalue weighted by Crippen LogP contribution is 2.32. The molecule has 20 heavy (non-hydrogen) atoms. The van der Waals surface area contributed by atoms with Gasteiger partial charge in [0.25, 0.3) is 0 Å². The van der Waals surface area contributed by atoms with Crippen LogP contribution in [0.15, 0.2) is 4.99 Å². The average molecular weight is 282 g/mol. The zero-order valence-electron chi connectivity index (χ0n) is 13.8. The Morgan fingerprint density at radius 3 is 2.50 bits per heavy atom. The normalized spacial score (nSPS) is 23.9. The highest BCUT2D eigenvalue weighted by atomic mass is 16.2. The third kappa shape index (κ3) is 5.02. The zero-order valence-corrected chi connectivity index (χ0v) is 13.8. The smallest absolute Gasteiger partial charge is 0.239 e. The lowest BCUT2D eigenvalue weighted by Gasteiger charge is -2.26. The molecule has 1 aliphatic rings. The van der Waals surface area contributed by atoms with Gasteiger partial charge >= 0.3 is 0 Å². The number of likely N-dealkylation sites (tertiary alicyclic amines) is 1. The topological polar surface area (TPSA) is 56.7 Å². The van der Waals surface area contributed by atoms with Crippen molar-refractivity contribution in [2.75, 3.05) is 26.7 Å². The fourth-order valence-electron chi connectivity index (χ4n) is 2.45. The van der Waals surface area contributed by atoms with E-state index >= 15 is 0 Å². The predicted molar refractivity (Wildman–Crippen MR) is 83.8 cm³/mol. The third-order valence-corrected chi connectivity index (χ3v) is 3.84. The van der Waals surface area contributed by atoms with E-state index in [1.54, 1.807) is 7.05 Å². The first-order valence-corrected chi connectivity index (χ1v) is 7.46. The van der Waals surface area contributed by atoms with Gasteiger partial charge in [0.15, 0.2) is 5.96 Å². The standard InChI is InChI=1S/C15H30N4O/c1-7-15(5)8-9-19(11-15)13(16-6)17-10-12(20)18-14(2,3)4/h7-11H2,1-6H3,(H,16,17)(H,18,20). The molecule has 116 valence electrons. The number of guanidine groups is 1. The number of amides is 1. The van der Waals surface area contributed by atoms with Crippen LogP contribution in [0.4, 0.5) is 0 Å². The number of carbonyl (C=O) groups is 1. The molecule has 1 heterocycles. The monoisotopic (exact) mass is 282 g/mol. The van der Waals surface area contributed by atoms with Crippen LogP contribution >= 0.6 is 0 Å². The lowest BCUT2D eigenvalue weighted by Crippen LogP contribution is -2.49. The van der Waals surface area contributed by atoms with Crippen molar-refractivity contribution in [2.45, 2.75) is 53.0 Å². The number of nitrogens with zero attached hydrogens (tertiary/aromatic N) is 2. The lowest BCUT2D eigenvalue weighted by molar-refractivity contribution is -0.121. The van der Waals surface area contributed by atoms with Crippen LogP contribution in [0.2, 0.25) is 0 Å². The Labute approximate surface area is 123 Å². The lowest BCUT2D eigenvalue weighted by atomic mass is 9.87. The summed E-state index contributed by atoms with van der Waals surface area (Å²) >= 11 is 0. The Morgan fingerprint density at radius 2 is 2.05 bits per heavy atom. The maximum absolute atomic E-state index is 11.8. The zero-order chi connectivity index (χ0) is 15.4. The van der Waals surface area contributed by atoms with E-state index in [4.69, 9.17) is 0 Å².